The number of ether oxygens (including phenoxy) is 2. The van der Waals surface area contributed by atoms with E-state index in [2.05, 4.69) is 0 Å². The molecule has 0 aliphatic carbocycles. The Morgan fingerprint density at radius 3 is 2.17 bits per heavy atom. The Balaban J connectivity index is 3.25. The molecule has 0 bridgehead atoms. The number of hydrogen-bond donors (Lipinski definition) is 1. The molecular weight excluding hydrogens is 160 g/mol. The Bertz CT molecular complexity index is 133. The summed E-state index contributed by atoms with van der Waals surface area (Å²) in [6.07, 6.45) is -0.588. The number of rotatable bonds is 6. The van der Waals surface area contributed by atoms with Crippen molar-refractivity contribution >= 4 is 5.97 Å². The minimum atomic E-state index is -0.945. The van der Waals surface area contributed by atoms with Crippen LogP contribution in [-0.4, -0.2) is 36.5 Å². The number of hydrogen-bond acceptors (Lipinski definition) is 3. The van der Waals surface area contributed by atoms with Crippen molar-refractivity contribution in [1.29, 1.82) is 0 Å². The van der Waals surface area contributed by atoms with Crippen molar-refractivity contribution in [3.8, 4) is 0 Å². The van der Waals surface area contributed by atoms with Gasteiger partial charge < -0.3 is 14.6 Å². The number of carboxylic acid groups (broad SMARTS) is 1. The van der Waals surface area contributed by atoms with Crippen molar-refractivity contribution in [3.05, 3.63) is 0 Å². The minimum absolute atomic E-state index is 0.161. The highest BCUT2D eigenvalue weighted by Gasteiger charge is 2.09. The third-order valence-corrected chi connectivity index (χ3v) is 1.25. The second-order valence-corrected chi connectivity index (χ2v) is 2.77. The van der Waals surface area contributed by atoms with Crippen LogP contribution in [0.25, 0.3) is 0 Å². The molecule has 1 unspecified atom stereocenters. The van der Waals surface area contributed by atoms with Gasteiger partial charge in [0.25, 0.3) is 0 Å². The third kappa shape index (κ3) is 6.12. The van der Waals surface area contributed by atoms with Gasteiger partial charge in [0.15, 0.2) is 6.10 Å². The topological polar surface area (TPSA) is 55.8 Å². The lowest BCUT2D eigenvalue weighted by molar-refractivity contribution is -0.150. The maximum Gasteiger partial charge on any atom is 0.332 e. The highest BCUT2D eigenvalue weighted by Crippen LogP contribution is 1.92. The summed E-state index contributed by atoms with van der Waals surface area (Å²) in [5.74, 6) is -0.945. The Morgan fingerprint density at radius 2 is 1.75 bits per heavy atom. The molecule has 0 radical (unpaired) electrons. The van der Waals surface area contributed by atoms with E-state index in [0.717, 1.165) is 0 Å². The molecule has 0 rings (SSSR count). The van der Waals surface area contributed by atoms with Crippen LogP contribution in [0.2, 0.25) is 0 Å². The average Bonchev–Trinajstić information content (AvgIpc) is 1.97. The molecule has 0 aliphatic heterocycles. The molecule has 0 amide bonds. The van der Waals surface area contributed by atoms with Crippen LogP contribution < -0.4 is 0 Å². The van der Waals surface area contributed by atoms with Crippen molar-refractivity contribution in [3.63, 3.8) is 0 Å². The van der Waals surface area contributed by atoms with Crippen LogP contribution in [0.5, 0.6) is 0 Å². The molecule has 0 saturated carbocycles. The Kier molecular flexibility index (Phi) is 5.66. The van der Waals surface area contributed by atoms with Gasteiger partial charge in [0.05, 0.1) is 19.3 Å². The molecule has 0 aliphatic rings. The van der Waals surface area contributed by atoms with E-state index < -0.39 is 12.1 Å². The van der Waals surface area contributed by atoms with Crippen LogP contribution in [0.4, 0.5) is 0 Å². The maximum atomic E-state index is 10.3. The van der Waals surface area contributed by atoms with E-state index in [4.69, 9.17) is 14.6 Å². The number of carbonyl (C=O) groups is 1. The van der Waals surface area contributed by atoms with Gasteiger partial charge in [-0.1, -0.05) is 0 Å². The highest BCUT2D eigenvalue weighted by atomic mass is 16.5. The van der Waals surface area contributed by atoms with Crippen molar-refractivity contribution in [2.75, 3.05) is 13.2 Å². The van der Waals surface area contributed by atoms with E-state index in [9.17, 15) is 4.79 Å². The predicted molar refractivity (Wildman–Crippen MR) is 44.1 cm³/mol. The van der Waals surface area contributed by atoms with E-state index in [1.165, 1.54) is 6.92 Å². The molecule has 0 aromatic rings. The summed E-state index contributed by atoms with van der Waals surface area (Å²) in [6.45, 7) is 6.10. The molecule has 0 heterocycles. The van der Waals surface area contributed by atoms with Gasteiger partial charge in [-0.05, 0) is 20.8 Å². The monoisotopic (exact) mass is 176 g/mol. The second kappa shape index (κ2) is 5.97. The van der Waals surface area contributed by atoms with Crippen LogP contribution in [0.15, 0.2) is 0 Å². The lowest BCUT2D eigenvalue weighted by Gasteiger charge is -2.10. The van der Waals surface area contributed by atoms with Crippen LogP contribution in [0, 0.1) is 0 Å². The first kappa shape index (κ1) is 11.4. The van der Waals surface area contributed by atoms with Gasteiger partial charge in [-0.25, -0.2) is 4.79 Å². The minimum Gasteiger partial charge on any atom is -0.479 e. The van der Waals surface area contributed by atoms with Gasteiger partial charge in [-0.15, -0.1) is 0 Å². The zero-order chi connectivity index (χ0) is 9.56. The first-order valence-corrected chi connectivity index (χ1v) is 4.00. The maximum absolute atomic E-state index is 10.3. The molecule has 4 heteroatoms. The Hall–Kier alpha value is -0.610. The van der Waals surface area contributed by atoms with Crippen molar-refractivity contribution in [1.82, 2.24) is 0 Å². The molecule has 72 valence electrons. The fourth-order valence-corrected chi connectivity index (χ4v) is 0.580. The van der Waals surface area contributed by atoms with Crippen LogP contribution in [0.3, 0.4) is 0 Å². The summed E-state index contributed by atoms with van der Waals surface area (Å²) >= 11 is 0. The zero-order valence-corrected chi connectivity index (χ0v) is 7.74. The van der Waals surface area contributed by atoms with Gasteiger partial charge >= 0.3 is 5.97 Å². The lowest BCUT2D eigenvalue weighted by atomic mass is 10.4. The molecule has 0 aromatic carbocycles. The van der Waals surface area contributed by atoms with Gasteiger partial charge in [0.2, 0.25) is 0 Å². The fraction of sp³-hybridized carbons (Fsp3) is 0.875. The average molecular weight is 176 g/mol. The summed E-state index contributed by atoms with van der Waals surface area (Å²) in [4.78, 5) is 10.3. The summed E-state index contributed by atoms with van der Waals surface area (Å²) in [5.41, 5.74) is 0. The first-order chi connectivity index (χ1) is 5.54. The smallest absolute Gasteiger partial charge is 0.332 e. The first-order valence-electron chi connectivity index (χ1n) is 4.00. The van der Waals surface area contributed by atoms with Crippen LogP contribution >= 0.6 is 0 Å². The number of aliphatic carboxylic acids is 1. The van der Waals surface area contributed by atoms with Crippen molar-refractivity contribution < 1.29 is 19.4 Å². The van der Waals surface area contributed by atoms with Crippen molar-refractivity contribution in [2.24, 2.45) is 0 Å². The molecule has 0 aromatic heterocycles. The second-order valence-electron chi connectivity index (χ2n) is 2.77. The van der Waals surface area contributed by atoms with Crippen molar-refractivity contribution in [2.45, 2.75) is 33.0 Å². The molecule has 1 atom stereocenters. The predicted octanol–water partition coefficient (Wildman–Crippen LogP) is 0.901. The van der Waals surface area contributed by atoms with E-state index in [-0.39, 0.29) is 6.10 Å². The summed E-state index contributed by atoms with van der Waals surface area (Å²) in [5, 5.41) is 8.42. The fourth-order valence-electron chi connectivity index (χ4n) is 0.580. The molecular formula is C8H16O4. The molecule has 0 spiro atoms. The van der Waals surface area contributed by atoms with Gasteiger partial charge in [0.1, 0.15) is 0 Å². The summed E-state index contributed by atoms with van der Waals surface area (Å²) in [7, 11) is 0. The number of carboxylic acids is 1. The van der Waals surface area contributed by atoms with Gasteiger partial charge in [0, 0.05) is 0 Å². The standard InChI is InChI=1S/C8H16O4/c1-6(2)11-4-5-12-7(3)8(9)10/h6-7H,4-5H2,1-3H3,(H,9,10). The Labute approximate surface area is 72.5 Å². The quantitative estimate of drug-likeness (QED) is 0.611. The molecule has 1 N–H and O–H groups in total. The third-order valence-electron chi connectivity index (χ3n) is 1.25. The van der Waals surface area contributed by atoms with E-state index in [0.29, 0.717) is 13.2 Å². The van der Waals surface area contributed by atoms with E-state index >= 15 is 0 Å². The summed E-state index contributed by atoms with van der Waals surface area (Å²) < 4.78 is 10.1. The van der Waals surface area contributed by atoms with Gasteiger partial charge in [-0.2, -0.15) is 0 Å². The summed E-state index contributed by atoms with van der Waals surface area (Å²) in [6, 6.07) is 0. The SMILES string of the molecule is CC(C)OCCOC(C)C(=O)O. The van der Waals surface area contributed by atoms with E-state index in [1.807, 2.05) is 13.8 Å². The molecule has 12 heavy (non-hydrogen) atoms. The largest absolute Gasteiger partial charge is 0.479 e. The van der Waals surface area contributed by atoms with Crippen LogP contribution in [-0.2, 0) is 14.3 Å². The molecule has 4 nitrogen and oxygen atoms in total. The molecule has 0 fully saturated rings. The van der Waals surface area contributed by atoms with Crippen LogP contribution in [0.1, 0.15) is 20.8 Å². The lowest BCUT2D eigenvalue weighted by Crippen LogP contribution is -2.22. The van der Waals surface area contributed by atoms with E-state index in [1.54, 1.807) is 0 Å². The highest BCUT2D eigenvalue weighted by molar-refractivity contribution is 5.71. The zero-order valence-electron chi connectivity index (χ0n) is 7.74. The molecule has 0 saturated heterocycles. The van der Waals surface area contributed by atoms with Gasteiger partial charge in [-0.3, -0.25) is 0 Å². The normalized spacial score (nSPS) is 13.3. The Morgan fingerprint density at radius 1 is 1.25 bits per heavy atom.